The Morgan fingerprint density at radius 3 is 0.988 bits per heavy atom. The number of nitrogens with one attached hydrogen (secondary N) is 1. The summed E-state index contributed by atoms with van der Waals surface area (Å²) in [5.41, 5.74) is 0. The summed E-state index contributed by atoms with van der Waals surface area (Å²) in [7, 11) is 1.58. The Kier molecular flexibility index (Phi) is 62.7. The van der Waals surface area contributed by atoms with E-state index in [9.17, 15) is 19.4 Å². The molecule has 0 aromatic heterocycles. The van der Waals surface area contributed by atoms with E-state index in [2.05, 4.69) is 31.3 Å². The standard InChI is InChI=1S/C72H143N2O6P/c1-6-8-10-12-14-16-18-20-22-24-26-28-30-32-34-36-37-38-40-42-44-46-48-50-52-54-56-58-60-62-64-66-72(76)73-70(69-80-81(77,78)79-68-67-74(3,4)5)71(75)65-63-61-59-57-55-53-51-49-47-45-43-41-39-35-33-31-29-27-25-23-21-19-17-15-13-11-9-7-2/h55,57,63,65,70-71,75H,6-54,56,58-62,64,66-69H2,1-5H3,(H-,73,76,77,78)/p+1/b57-55+,65-63+. The molecular formula is C72H144N2O6P+. The van der Waals surface area contributed by atoms with Gasteiger partial charge in [0.15, 0.2) is 0 Å². The molecule has 0 aliphatic rings. The number of nitrogens with zero attached hydrogens (tertiary/aromatic N) is 1. The number of hydrogen-bond acceptors (Lipinski definition) is 5. The SMILES string of the molecule is CCCCCCCCCCCCCCCCCCCCCCCC/C=C/CC/C=C/C(O)C(COP(=O)(O)OCC[N+](C)(C)C)NC(=O)CCCCCCCCCCCCCCCCCCCCCCCCCCCCCCCCC. The number of phosphoric acid groups is 1. The van der Waals surface area contributed by atoms with Crippen LogP contribution in [-0.4, -0.2) is 73.4 Å². The van der Waals surface area contributed by atoms with E-state index in [1.807, 2.05) is 27.2 Å². The number of carbonyl (C=O) groups excluding carboxylic acids is 1. The Hall–Kier alpha value is -1.02. The number of likely N-dealkylation sites (N-methyl/N-ethyl adjacent to an activating group) is 1. The molecule has 0 fully saturated rings. The van der Waals surface area contributed by atoms with Gasteiger partial charge in [-0.3, -0.25) is 13.8 Å². The topological polar surface area (TPSA) is 105 Å². The lowest BCUT2D eigenvalue weighted by molar-refractivity contribution is -0.870. The molecule has 0 saturated carbocycles. The predicted molar refractivity (Wildman–Crippen MR) is 355 cm³/mol. The summed E-state index contributed by atoms with van der Waals surface area (Å²) >= 11 is 0. The number of unbranched alkanes of at least 4 members (excludes halogenated alkanes) is 53. The summed E-state index contributed by atoms with van der Waals surface area (Å²) in [6.07, 6.45) is 83.5. The Labute approximate surface area is 506 Å². The van der Waals surface area contributed by atoms with Crippen molar-refractivity contribution in [2.75, 3.05) is 40.9 Å². The summed E-state index contributed by atoms with van der Waals surface area (Å²) in [5, 5.41) is 14.0. The summed E-state index contributed by atoms with van der Waals surface area (Å²) in [5.74, 6) is -0.177. The van der Waals surface area contributed by atoms with Gasteiger partial charge >= 0.3 is 7.82 Å². The number of hydrogen-bond donors (Lipinski definition) is 3. The molecular weight excluding hydrogens is 1020 g/mol. The van der Waals surface area contributed by atoms with Gasteiger partial charge in [0, 0.05) is 6.42 Å². The van der Waals surface area contributed by atoms with Crippen molar-refractivity contribution in [2.45, 2.75) is 392 Å². The maximum Gasteiger partial charge on any atom is 0.472 e. The third-order valence-corrected chi connectivity index (χ3v) is 17.9. The maximum atomic E-state index is 13.1. The van der Waals surface area contributed by atoms with Crippen molar-refractivity contribution in [1.82, 2.24) is 5.32 Å². The first-order valence-electron chi connectivity index (χ1n) is 36.2. The van der Waals surface area contributed by atoms with Crippen LogP contribution in [0.5, 0.6) is 0 Å². The van der Waals surface area contributed by atoms with E-state index in [1.165, 1.54) is 321 Å². The lowest BCUT2D eigenvalue weighted by Gasteiger charge is -2.25. The molecule has 0 radical (unpaired) electrons. The van der Waals surface area contributed by atoms with Gasteiger partial charge in [0.25, 0.3) is 0 Å². The average Bonchev–Trinajstić information content (AvgIpc) is 3.43. The van der Waals surface area contributed by atoms with Crippen molar-refractivity contribution in [2.24, 2.45) is 0 Å². The van der Waals surface area contributed by atoms with Crippen molar-refractivity contribution in [3.63, 3.8) is 0 Å². The number of aliphatic hydroxyl groups is 1. The van der Waals surface area contributed by atoms with E-state index in [0.29, 0.717) is 17.4 Å². The highest BCUT2D eigenvalue weighted by Crippen LogP contribution is 2.43. The third-order valence-electron chi connectivity index (χ3n) is 16.9. The number of allylic oxidation sites excluding steroid dienone is 3. The van der Waals surface area contributed by atoms with Crippen LogP contribution in [0, 0.1) is 0 Å². The van der Waals surface area contributed by atoms with Crippen LogP contribution in [-0.2, 0) is 18.4 Å². The molecule has 0 aromatic rings. The minimum Gasteiger partial charge on any atom is -0.387 e. The number of carbonyl (C=O) groups is 1. The van der Waals surface area contributed by atoms with Crippen LogP contribution in [0.4, 0.5) is 0 Å². The highest BCUT2D eigenvalue weighted by molar-refractivity contribution is 7.47. The Balaban J connectivity index is 4.04. The van der Waals surface area contributed by atoms with Gasteiger partial charge in [-0.1, -0.05) is 366 Å². The molecule has 1 amide bonds. The first kappa shape index (κ1) is 80.0. The molecule has 0 aliphatic heterocycles. The fourth-order valence-corrected chi connectivity index (χ4v) is 12.0. The highest BCUT2D eigenvalue weighted by Gasteiger charge is 2.28. The molecule has 0 heterocycles. The molecule has 3 atom stereocenters. The van der Waals surface area contributed by atoms with Crippen molar-refractivity contribution in [3.05, 3.63) is 24.3 Å². The van der Waals surface area contributed by atoms with Crippen LogP contribution in [0.25, 0.3) is 0 Å². The molecule has 8 nitrogen and oxygen atoms in total. The number of aliphatic hydroxyl groups excluding tert-OH is 1. The van der Waals surface area contributed by atoms with E-state index >= 15 is 0 Å². The van der Waals surface area contributed by atoms with Crippen LogP contribution < -0.4 is 5.32 Å². The lowest BCUT2D eigenvalue weighted by Crippen LogP contribution is -2.45. The maximum absolute atomic E-state index is 13.1. The van der Waals surface area contributed by atoms with Gasteiger partial charge in [-0.2, -0.15) is 0 Å². The molecule has 0 saturated heterocycles. The third kappa shape index (κ3) is 66.4. The van der Waals surface area contributed by atoms with E-state index < -0.39 is 20.0 Å². The summed E-state index contributed by atoms with van der Waals surface area (Å²) in [6, 6.07) is -0.862. The van der Waals surface area contributed by atoms with E-state index in [1.54, 1.807) is 6.08 Å². The molecule has 0 aromatic carbocycles. The normalized spacial score (nSPS) is 13.7. The fourth-order valence-electron chi connectivity index (χ4n) is 11.3. The predicted octanol–water partition coefficient (Wildman–Crippen LogP) is 23.1. The number of rotatable bonds is 68. The minimum atomic E-state index is -4.36. The van der Waals surface area contributed by atoms with Crippen LogP contribution in [0.2, 0.25) is 0 Å². The fraction of sp³-hybridized carbons (Fsp3) is 0.931. The largest absolute Gasteiger partial charge is 0.472 e. The van der Waals surface area contributed by atoms with Crippen LogP contribution in [0.15, 0.2) is 24.3 Å². The van der Waals surface area contributed by atoms with Gasteiger partial charge in [0.1, 0.15) is 13.2 Å². The van der Waals surface area contributed by atoms with Gasteiger partial charge in [0.2, 0.25) is 5.91 Å². The second-order valence-corrected chi connectivity index (χ2v) is 27.8. The zero-order chi connectivity index (χ0) is 59.1. The first-order valence-corrected chi connectivity index (χ1v) is 37.7. The number of quaternary nitrogens is 1. The molecule has 81 heavy (non-hydrogen) atoms. The van der Waals surface area contributed by atoms with Crippen molar-refractivity contribution in [3.8, 4) is 0 Å². The average molecular weight is 1160 g/mol. The van der Waals surface area contributed by atoms with Crippen LogP contribution in [0.1, 0.15) is 380 Å². The van der Waals surface area contributed by atoms with E-state index in [-0.39, 0.29) is 19.1 Å². The van der Waals surface area contributed by atoms with E-state index in [4.69, 9.17) is 9.05 Å². The van der Waals surface area contributed by atoms with Gasteiger partial charge in [-0.25, -0.2) is 4.57 Å². The van der Waals surface area contributed by atoms with Crippen molar-refractivity contribution < 1.29 is 32.9 Å². The smallest absolute Gasteiger partial charge is 0.387 e. The number of phosphoric ester groups is 1. The first-order chi connectivity index (χ1) is 39.5. The van der Waals surface area contributed by atoms with Gasteiger partial charge in [-0.15, -0.1) is 0 Å². The van der Waals surface area contributed by atoms with Gasteiger partial charge < -0.3 is 19.8 Å². The summed E-state index contributed by atoms with van der Waals surface area (Å²) in [6.45, 7) is 4.87. The van der Waals surface area contributed by atoms with Crippen molar-refractivity contribution in [1.29, 1.82) is 0 Å². The minimum absolute atomic E-state index is 0.0591. The summed E-state index contributed by atoms with van der Waals surface area (Å²) in [4.78, 5) is 23.4. The lowest BCUT2D eigenvalue weighted by atomic mass is 10.0. The van der Waals surface area contributed by atoms with Crippen LogP contribution in [0.3, 0.4) is 0 Å². The van der Waals surface area contributed by atoms with Gasteiger partial charge in [0.05, 0.1) is 39.9 Å². The molecule has 0 spiro atoms. The molecule has 3 N–H and O–H groups in total. The molecule has 9 heteroatoms. The quantitative estimate of drug-likeness (QED) is 0.0243. The second kappa shape index (κ2) is 63.5. The molecule has 3 unspecified atom stereocenters. The number of amides is 1. The van der Waals surface area contributed by atoms with Crippen LogP contribution >= 0.6 is 7.82 Å². The molecule has 482 valence electrons. The Bertz CT molecular complexity index is 1370. The van der Waals surface area contributed by atoms with E-state index in [0.717, 1.165) is 38.5 Å². The zero-order valence-corrected chi connectivity index (χ0v) is 56.2. The van der Waals surface area contributed by atoms with Crippen molar-refractivity contribution >= 4 is 13.7 Å². The molecule has 0 aliphatic carbocycles. The second-order valence-electron chi connectivity index (χ2n) is 26.3. The molecule has 0 bridgehead atoms. The highest BCUT2D eigenvalue weighted by atomic mass is 31.2. The van der Waals surface area contributed by atoms with Gasteiger partial charge in [-0.05, 0) is 32.1 Å². The zero-order valence-electron chi connectivity index (χ0n) is 55.3. The summed E-state index contributed by atoms with van der Waals surface area (Å²) < 4.78 is 23.8. The monoisotopic (exact) mass is 1160 g/mol. The Morgan fingerprint density at radius 1 is 0.407 bits per heavy atom. The molecule has 0 rings (SSSR count). The Morgan fingerprint density at radius 2 is 0.679 bits per heavy atom.